The summed E-state index contributed by atoms with van der Waals surface area (Å²) in [6, 6.07) is 8.28. The molecular formula is C18H29N3O2. The largest absolute Gasteiger partial charge is 0.444 e. The topological polar surface area (TPSA) is 53.6 Å². The van der Waals surface area contributed by atoms with Gasteiger partial charge in [0.05, 0.1) is 11.4 Å². The predicted molar refractivity (Wildman–Crippen MR) is 95.1 cm³/mol. The lowest BCUT2D eigenvalue weighted by Crippen LogP contribution is -2.40. The number of piperidine rings is 1. The van der Waals surface area contributed by atoms with Crippen LogP contribution < -0.4 is 10.6 Å². The van der Waals surface area contributed by atoms with Crippen molar-refractivity contribution < 1.29 is 9.53 Å². The summed E-state index contributed by atoms with van der Waals surface area (Å²) in [6.45, 7) is 7.61. The lowest BCUT2D eigenvalue weighted by atomic mass is 10.0. The Kier molecular flexibility index (Phi) is 5.88. The number of amides is 1. The number of nitrogens with one attached hydrogen (secondary N) is 2. The van der Waals surface area contributed by atoms with Crippen LogP contribution in [0.2, 0.25) is 0 Å². The Morgan fingerprint density at radius 1 is 1.26 bits per heavy atom. The van der Waals surface area contributed by atoms with Gasteiger partial charge in [0.2, 0.25) is 0 Å². The zero-order valence-corrected chi connectivity index (χ0v) is 14.7. The summed E-state index contributed by atoms with van der Waals surface area (Å²) in [4.78, 5) is 14.4. The van der Waals surface area contributed by atoms with E-state index in [-0.39, 0.29) is 0 Å². The first kappa shape index (κ1) is 17.6. The molecule has 2 N–H and O–H groups in total. The van der Waals surface area contributed by atoms with Gasteiger partial charge in [-0.15, -0.1) is 0 Å². The van der Waals surface area contributed by atoms with Crippen molar-refractivity contribution in [1.82, 2.24) is 4.90 Å². The molecule has 1 saturated heterocycles. The Labute approximate surface area is 139 Å². The smallest absolute Gasteiger partial charge is 0.412 e. The molecule has 0 aromatic heterocycles. The van der Waals surface area contributed by atoms with Gasteiger partial charge in [0.25, 0.3) is 0 Å². The van der Waals surface area contributed by atoms with Gasteiger partial charge >= 0.3 is 6.09 Å². The summed E-state index contributed by atoms with van der Waals surface area (Å²) < 4.78 is 5.32. The van der Waals surface area contributed by atoms with Gasteiger partial charge in [0, 0.05) is 12.6 Å². The maximum absolute atomic E-state index is 12.0. The molecule has 1 aliphatic heterocycles. The fraction of sp³-hybridized carbons (Fsp3) is 0.611. The molecule has 0 aliphatic carbocycles. The van der Waals surface area contributed by atoms with Crippen molar-refractivity contribution in [2.45, 2.75) is 51.7 Å². The van der Waals surface area contributed by atoms with Gasteiger partial charge in [-0.1, -0.05) is 18.6 Å². The van der Waals surface area contributed by atoms with E-state index in [9.17, 15) is 4.79 Å². The summed E-state index contributed by atoms with van der Waals surface area (Å²) in [6.07, 6.45) is 3.35. The van der Waals surface area contributed by atoms with Crippen LogP contribution in [0.3, 0.4) is 0 Å². The second-order valence-electron chi connectivity index (χ2n) is 7.18. The zero-order valence-electron chi connectivity index (χ0n) is 14.7. The minimum atomic E-state index is -0.503. The molecule has 0 saturated carbocycles. The van der Waals surface area contributed by atoms with E-state index in [0.29, 0.717) is 6.04 Å². The Bertz CT molecular complexity index is 525. The number of rotatable bonds is 4. The lowest BCUT2D eigenvalue weighted by molar-refractivity contribution is 0.0636. The fourth-order valence-corrected chi connectivity index (χ4v) is 2.79. The fourth-order valence-electron chi connectivity index (χ4n) is 2.79. The van der Waals surface area contributed by atoms with Gasteiger partial charge in [-0.3, -0.25) is 5.32 Å². The van der Waals surface area contributed by atoms with E-state index in [1.165, 1.54) is 19.3 Å². The van der Waals surface area contributed by atoms with Gasteiger partial charge in [-0.2, -0.15) is 0 Å². The summed E-state index contributed by atoms with van der Waals surface area (Å²) >= 11 is 0. The first-order valence-electron chi connectivity index (χ1n) is 8.38. The van der Waals surface area contributed by atoms with Gasteiger partial charge in [0.15, 0.2) is 0 Å². The number of ether oxygens (including phenoxy) is 1. The number of hydrogen-bond donors (Lipinski definition) is 2. The third kappa shape index (κ3) is 5.75. The molecule has 0 bridgehead atoms. The minimum Gasteiger partial charge on any atom is -0.444 e. The zero-order chi connectivity index (χ0) is 16.9. The number of anilines is 2. The van der Waals surface area contributed by atoms with Crippen molar-refractivity contribution in [2.24, 2.45) is 0 Å². The van der Waals surface area contributed by atoms with Crippen LogP contribution in [-0.4, -0.2) is 42.8 Å². The molecule has 1 fully saturated rings. The Morgan fingerprint density at radius 2 is 1.96 bits per heavy atom. The standard InChI is InChI=1S/C18H29N3O2/c1-18(2,3)23-17(22)20-16-11-6-5-10-15(16)19-13-14-9-7-8-12-21(14)4/h5-6,10-11,14,19H,7-9,12-13H2,1-4H3,(H,20,22). The lowest BCUT2D eigenvalue weighted by Gasteiger charge is -2.33. The number of nitrogens with zero attached hydrogens (tertiary/aromatic N) is 1. The molecule has 2 rings (SSSR count). The van der Waals surface area contributed by atoms with Crippen molar-refractivity contribution in [3.05, 3.63) is 24.3 Å². The predicted octanol–water partition coefficient (Wildman–Crippen LogP) is 3.93. The Hall–Kier alpha value is -1.75. The number of carbonyl (C=O) groups is 1. The molecule has 0 radical (unpaired) electrons. The van der Waals surface area contributed by atoms with Crippen molar-refractivity contribution in [3.8, 4) is 0 Å². The van der Waals surface area contributed by atoms with Crippen LogP contribution in [0.15, 0.2) is 24.3 Å². The summed E-state index contributed by atoms with van der Waals surface area (Å²) in [5, 5.41) is 6.30. The van der Waals surface area contributed by atoms with Crippen LogP contribution in [0.5, 0.6) is 0 Å². The van der Waals surface area contributed by atoms with Gasteiger partial charge < -0.3 is 15.0 Å². The number of carbonyl (C=O) groups excluding carboxylic acids is 1. The van der Waals surface area contributed by atoms with Crippen LogP contribution in [0.25, 0.3) is 0 Å². The highest BCUT2D eigenvalue weighted by Crippen LogP contribution is 2.23. The summed E-state index contributed by atoms with van der Waals surface area (Å²) in [5.74, 6) is 0. The maximum atomic E-state index is 12.0. The van der Waals surface area contributed by atoms with Gasteiger partial charge in [-0.05, 0) is 59.3 Å². The number of likely N-dealkylation sites (tertiary alicyclic amines) is 1. The third-order valence-corrected chi connectivity index (χ3v) is 4.01. The molecule has 1 amide bonds. The van der Waals surface area contributed by atoms with Crippen molar-refractivity contribution >= 4 is 17.5 Å². The quantitative estimate of drug-likeness (QED) is 0.883. The molecule has 1 aliphatic rings. The third-order valence-electron chi connectivity index (χ3n) is 4.01. The molecular weight excluding hydrogens is 290 g/mol. The van der Waals surface area contributed by atoms with Crippen LogP contribution >= 0.6 is 0 Å². The average Bonchev–Trinajstić information content (AvgIpc) is 2.46. The van der Waals surface area contributed by atoms with Crippen LogP contribution in [0.4, 0.5) is 16.2 Å². The monoisotopic (exact) mass is 319 g/mol. The van der Waals surface area contributed by atoms with E-state index >= 15 is 0 Å². The van der Waals surface area contributed by atoms with E-state index in [1.807, 2.05) is 45.0 Å². The number of likely N-dealkylation sites (N-methyl/N-ethyl adjacent to an activating group) is 1. The van der Waals surface area contributed by atoms with E-state index < -0.39 is 11.7 Å². The summed E-state index contributed by atoms with van der Waals surface area (Å²) in [7, 11) is 2.18. The highest BCUT2D eigenvalue weighted by Gasteiger charge is 2.20. The summed E-state index contributed by atoms with van der Waals surface area (Å²) in [5.41, 5.74) is 1.18. The van der Waals surface area contributed by atoms with E-state index in [4.69, 9.17) is 4.74 Å². The van der Waals surface area contributed by atoms with E-state index in [2.05, 4.69) is 22.6 Å². The van der Waals surface area contributed by atoms with E-state index in [1.54, 1.807) is 0 Å². The number of para-hydroxylation sites is 2. The Balaban J connectivity index is 1.95. The second kappa shape index (κ2) is 7.68. The van der Waals surface area contributed by atoms with Crippen molar-refractivity contribution in [1.29, 1.82) is 0 Å². The van der Waals surface area contributed by atoms with Gasteiger partial charge in [-0.25, -0.2) is 4.79 Å². The minimum absolute atomic E-state index is 0.429. The molecule has 5 heteroatoms. The molecule has 1 unspecified atom stereocenters. The molecule has 0 spiro atoms. The molecule has 23 heavy (non-hydrogen) atoms. The molecule has 1 heterocycles. The molecule has 1 atom stereocenters. The SMILES string of the molecule is CN1CCCCC1CNc1ccccc1NC(=O)OC(C)(C)C. The molecule has 1 aromatic rings. The average molecular weight is 319 g/mol. The Morgan fingerprint density at radius 3 is 2.61 bits per heavy atom. The highest BCUT2D eigenvalue weighted by molar-refractivity contribution is 5.89. The molecule has 1 aromatic carbocycles. The second-order valence-corrected chi connectivity index (χ2v) is 7.18. The van der Waals surface area contributed by atoms with Crippen LogP contribution in [0, 0.1) is 0 Å². The number of benzene rings is 1. The first-order chi connectivity index (χ1) is 10.8. The van der Waals surface area contributed by atoms with Crippen LogP contribution in [-0.2, 0) is 4.74 Å². The van der Waals surface area contributed by atoms with Crippen molar-refractivity contribution in [3.63, 3.8) is 0 Å². The maximum Gasteiger partial charge on any atom is 0.412 e. The molecule has 5 nitrogen and oxygen atoms in total. The van der Waals surface area contributed by atoms with Gasteiger partial charge in [0.1, 0.15) is 5.60 Å². The highest BCUT2D eigenvalue weighted by atomic mass is 16.6. The van der Waals surface area contributed by atoms with Crippen LogP contribution in [0.1, 0.15) is 40.0 Å². The molecule has 128 valence electrons. The normalized spacial score (nSPS) is 19.2. The van der Waals surface area contributed by atoms with Crippen molar-refractivity contribution in [2.75, 3.05) is 30.8 Å². The number of hydrogen-bond acceptors (Lipinski definition) is 4. The van der Waals surface area contributed by atoms with E-state index in [0.717, 1.165) is 24.5 Å². The first-order valence-corrected chi connectivity index (χ1v) is 8.38.